The topological polar surface area (TPSA) is 74.9 Å². The third-order valence-electron chi connectivity index (χ3n) is 1.87. The van der Waals surface area contributed by atoms with Crippen molar-refractivity contribution in [2.75, 3.05) is 6.61 Å². The molecular weight excluding hydrogens is 199 g/mol. The fraction of sp³-hybridized carbons (Fsp3) is 0.571. The van der Waals surface area contributed by atoms with Gasteiger partial charge in [-0.1, -0.05) is 0 Å². The van der Waals surface area contributed by atoms with Crippen molar-refractivity contribution in [1.29, 1.82) is 0 Å². The molecule has 1 heterocycles. The molecule has 0 bridgehead atoms. The molecule has 1 atom stereocenters. The van der Waals surface area contributed by atoms with Crippen molar-refractivity contribution in [3.05, 3.63) is 17.5 Å². The van der Waals surface area contributed by atoms with Gasteiger partial charge in [0.15, 0.2) is 0 Å². The summed E-state index contributed by atoms with van der Waals surface area (Å²) in [5.41, 5.74) is 2.76. The Balaban J connectivity index is 3.18. The van der Waals surface area contributed by atoms with Crippen LogP contribution in [0.5, 0.6) is 0 Å². The number of nitrogens with zero attached hydrogens (tertiary/aromatic N) is 1. The predicted octanol–water partition coefficient (Wildman–Crippen LogP) is 0.595. The van der Waals surface area contributed by atoms with Crippen molar-refractivity contribution in [1.82, 2.24) is 10.2 Å². The molecule has 0 aliphatic carbocycles. The molecule has 1 unspecified atom stereocenters. The summed E-state index contributed by atoms with van der Waals surface area (Å²) in [5.74, 6) is 0. The first-order valence-corrected chi connectivity index (χ1v) is 3.80. The van der Waals surface area contributed by atoms with Gasteiger partial charge in [0.2, 0.25) is 0 Å². The SMILES string of the molecule is CC(N)(CO)c1cn[nH]c1C(F)(F)F. The minimum Gasteiger partial charge on any atom is -0.394 e. The Bertz CT molecular complexity index is 318. The van der Waals surface area contributed by atoms with E-state index in [9.17, 15) is 13.2 Å². The molecule has 0 spiro atoms. The lowest BCUT2D eigenvalue weighted by Crippen LogP contribution is -2.38. The van der Waals surface area contributed by atoms with E-state index in [0.29, 0.717) is 0 Å². The van der Waals surface area contributed by atoms with Crippen LogP contribution in [0.2, 0.25) is 0 Å². The van der Waals surface area contributed by atoms with Gasteiger partial charge in [0.1, 0.15) is 5.69 Å². The number of aromatic amines is 1. The molecule has 14 heavy (non-hydrogen) atoms. The van der Waals surface area contributed by atoms with Crippen molar-refractivity contribution >= 4 is 0 Å². The molecule has 0 saturated heterocycles. The van der Waals surface area contributed by atoms with Crippen LogP contribution >= 0.6 is 0 Å². The van der Waals surface area contributed by atoms with Crippen LogP contribution in [0.15, 0.2) is 6.20 Å². The number of rotatable bonds is 2. The number of aliphatic hydroxyl groups is 1. The summed E-state index contributed by atoms with van der Waals surface area (Å²) in [4.78, 5) is 0. The van der Waals surface area contributed by atoms with E-state index in [1.807, 2.05) is 5.10 Å². The van der Waals surface area contributed by atoms with E-state index in [4.69, 9.17) is 10.8 Å². The minimum absolute atomic E-state index is 0.243. The molecule has 0 amide bonds. The summed E-state index contributed by atoms with van der Waals surface area (Å²) >= 11 is 0. The van der Waals surface area contributed by atoms with E-state index in [-0.39, 0.29) is 5.56 Å². The van der Waals surface area contributed by atoms with Crippen LogP contribution in [0, 0.1) is 0 Å². The number of nitrogens with two attached hydrogens (primary N) is 1. The number of H-pyrrole nitrogens is 1. The molecule has 1 aromatic rings. The molecule has 0 fully saturated rings. The maximum atomic E-state index is 12.3. The molecule has 0 saturated carbocycles. The lowest BCUT2D eigenvalue weighted by atomic mass is 9.94. The zero-order valence-electron chi connectivity index (χ0n) is 7.39. The van der Waals surface area contributed by atoms with Crippen molar-refractivity contribution in [3.8, 4) is 0 Å². The number of nitrogens with one attached hydrogen (secondary N) is 1. The van der Waals surface area contributed by atoms with Crippen molar-refractivity contribution in [3.63, 3.8) is 0 Å². The normalized spacial score (nSPS) is 16.7. The molecule has 4 nitrogen and oxygen atoms in total. The van der Waals surface area contributed by atoms with Gasteiger partial charge in [-0.2, -0.15) is 18.3 Å². The molecule has 0 aliphatic rings. The summed E-state index contributed by atoms with van der Waals surface area (Å²) in [6, 6.07) is 0. The lowest BCUT2D eigenvalue weighted by molar-refractivity contribution is -0.142. The van der Waals surface area contributed by atoms with Crippen LogP contribution in [0.4, 0.5) is 13.2 Å². The highest BCUT2D eigenvalue weighted by Crippen LogP contribution is 2.33. The van der Waals surface area contributed by atoms with E-state index >= 15 is 0 Å². The molecule has 4 N–H and O–H groups in total. The number of hydrogen-bond acceptors (Lipinski definition) is 3. The average Bonchev–Trinajstić information content (AvgIpc) is 2.51. The monoisotopic (exact) mass is 209 g/mol. The molecule has 1 rings (SSSR count). The number of aromatic nitrogens is 2. The van der Waals surface area contributed by atoms with E-state index in [1.165, 1.54) is 6.92 Å². The Morgan fingerprint density at radius 2 is 2.14 bits per heavy atom. The van der Waals surface area contributed by atoms with Crippen LogP contribution in [0.3, 0.4) is 0 Å². The first-order valence-electron chi connectivity index (χ1n) is 3.80. The number of halogens is 3. The Hall–Kier alpha value is -1.08. The smallest absolute Gasteiger partial charge is 0.394 e. The molecule has 1 aromatic heterocycles. The van der Waals surface area contributed by atoms with Gasteiger partial charge in [-0.25, -0.2) is 0 Å². The standard InChI is InChI=1S/C7H10F3N3O/c1-6(11,3-14)4-2-12-13-5(4)7(8,9)10/h2,14H,3,11H2,1H3,(H,12,13). The van der Waals surface area contributed by atoms with Crippen molar-refractivity contribution in [2.45, 2.75) is 18.6 Å². The first-order chi connectivity index (χ1) is 6.29. The minimum atomic E-state index is -4.54. The quantitative estimate of drug-likeness (QED) is 0.667. The van der Waals surface area contributed by atoms with Crippen molar-refractivity contribution in [2.24, 2.45) is 5.73 Å². The number of hydrogen-bond donors (Lipinski definition) is 3. The van der Waals surface area contributed by atoms with Crippen LogP contribution in [-0.2, 0) is 11.7 Å². The third-order valence-corrected chi connectivity index (χ3v) is 1.87. The van der Waals surface area contributed by atoms with Gasteiger partial charge < -0.3 is 10.8 Å². The summed E-state index contributed by atoms with van der Waals surface area (Å²) in [6.45, 7) is 0.711. The Morgan fingerprint density at radius 1 is 1.57 bits per heavy atom. The van der Waals surface area contributed by atoms with Gasteiger partial charge in [-0.3, -0.25) is 5.10 Å². The van der Waals surface area contributed by atoms with Crippen LogP contribution in [-0.4, -0.2) is 21.9 Å². The largest absolute Gasteiger partial charge is 0.433 e. The van der Waals surface area contributed by atoms with Gasteiger partial charge >= 0.3 is 6.18 Å². The number of alkyl halides is 3. The van der Waals surface area contributed by atoms with Crippen LogP contribution in [0.1, 0.15) is 18.2 Å². The zero-order valence-corrected chi connectivity index (χ0v) is 7.39. The summed E-state index contributed by atoms with van der Waals surface area (Å²) in [7, 11) is 0. The Morgan fingerprint density at radius 3 is 2.57 bits per heavy atom. The summed E-state index contributed by atoms with van der Waals surface area (Å²) < 4.78 is 37.0. The summed E-state index contributed by atoms with van der Waals surface area (Å²) in [5, 5.41) is 13.9. The second kappa shape index (κ2) is 3.25. The second-order valence-electron chi connectivity index (χ2n) is 3.23. The van der Waals surface area contributed by atoms with Crippen LogP contribution in [0.25, 0.3) is 0 Å². The molecule has 7 heteroatoms. The fourth-order valence-corrected chi connectivity index (χ4v) is 1.02. The fourth-order valence-electron chi connectivity index (χ4n) is 1.02. The van der Waals surface area contributed by atoms with E-state index < -0.39 is 24.0 Å². The van der Waals surface area contributed by atoms with Crippen molar-refractivity contribution < 1.29 is 18.3 Å². The molecule has 80 valence electrons. The Kier molecular flexibility index (Phi) is 2.55. The van der Waals surface area contributed by atoms with Gasteiger partial charge in [-0.05, 0) is 6.92 Å². The van der Waals surface area contributed by atoms with E-state index in [2.05, 4.69) is 5.10 Å². The van der Waals surface area contributed by atoms with E-state index in [0.717, 1.165) is 6.20 Å². The number of aliphatic hydroxyl groups excluding tert-OH is 1. The van der Waals surface area contributed by atoms with Gasteiger partial charge in [0.25, 0.3) is 0 Å². The Labute approximate surface area is 77.9 Å². The van der Waals surface area contributed by atoms with Gasteiger partial charge in [0, 0.05) is 5.56 Å². The third kappa shape index (κ3) is 1.88. The second-order valence-corrected chi connectivity index (χ2v) is 3.23. The predicted molar refractivity (Wildman–Crippen MR) is 42.2 cm³/mol. The zero-order chi connectivity index (χ0) is 11.0. The highest BCUT2D eigenvalue weighted by Gasteiger charge is 2.39. The highest BCUT2D eigenvalue weighted by molar-refractivity contribution is 5.27. The average molecular weight is 209 g/mol. The maximum Gasteiger partial charge on any atom is 0.433 e. The lowest BCUT2D eigenvalue weighted by Gasteiger charge is -2.22. The highest BCUT2D eigenvalue weighted by atomic mass is 19.4. The molecule has 0 aliphatic heterocycles. The maximum absolute atomic E-state index is 12.3. The first kappa shape index (κ1) is 11.0. The van der Waals surface area contributed by atoms with Gasteiger partial charge in [-0.15, -0.1) is 0 Å². The van der Waals surface area contributed by atoms with E-state index in [1.54, 1.807) is 0 Å². The van der Waals surface area contributed by atoms with Gasteiger partial charge in [0.05, 0.1) is 18.3 Å². The summed E-state index contributed by atoms with van der Waals surface area (Å²) in [6.07, 6.45) is -3.57. The molecule has 0 radical (unpaired) electrons. The van der Waals surface area contributed by atoms with Crippen LogP contribution < -0.4 is 5.73 Å². The molecular formula is C7H10F3N3O. The molecule has 0 aromatic carbocycles.